The number of likely N-dealkylation sites (N-methyl/N-ethyl adjacent to an activating group) is 1. The van der Waals surface area contributed by atoms with Crippen LogP contribution in [-0.2, 0) is 0 Å². The van der Waals surface area contributed by atoms with Gasteiger partial charge in [0.15, 0.2) is 0 Å². The standard InChI is InChI=1S/C15H31N3/c1-17(2)15(13-7-5-4-6-8-13)11-14-12-16-9-10-18(14)3/h13-16H,4-12H2,1-3H3. The molecular formula is C15H31N3. The zero-order valence-corrected chi connectivity index (χ0v) is 12.5. The molecule has 0 spiro atoms. The van der Waals surface area contributed by atoms with Gasteiger partial charge >= 0.3 is 0 Å². The van der Waals surface area contributed by atoms with E-state index in [1.807, 2.05) is 0 Å². The second-order valence-electron chi connectivity index (χ2n) is 6.50. The van der Waals surface area contributed by atoms with E-state index in [9.17, 15) is 0 Å². The average Bonchev–Trinajstić information content (AvgIpc) is 2.38. The lowest BCUT2D eigenvalue weighted by atomic mass is 9.80. The predicted molar refractivity (Wildman–Crippen MR) is 78.0 cm³/mol. The smallest absolute Gasteiger partial charge is 0.0233 e. The Labute approximate surface area is 113 Å². The van der Waals surface area contributed by atoms with Crippen molar-refractivity contribution in [3.63, 3.8) is 0 Å². The molecule has 0 aromatic rings. The summed E-state index contributed by atoms with van der Waals surface area (Å²) in [4.78, 5) is 5.04. The monoisotopic (exact) mass is 253 g/mol. The normalized spacial score (nSPS) is 29.7. The van der Waals surface area contributed by atoms with Gasteiger partial charge in [0.2, 0.25) is 0 Å². The molecule has 2 fully saturated rings. The first-order valence-corrected chi connectivity index (χ1v) is 7.76. The molecule has 0 bridgehead atoms. The second-order valence-corrected chi connectivity index (χ2v) is 6.50. The van der Waals surface area contributed by atoms with Crippen molar-refractivity contribution in [2.45, 2.75) is 50.6 Å². The summed E-state index contributed by atoms with van der Waals surface area (Å²) in [7, 11) is 6.84. The minimum atomic E-state index is 0.730. The lowest BCUT2D eigenvalue weighted by Gasteiger charge is -2.41. The van der Waals surface area contributed by atoms with Crippen LogP contribution < -0.4 is 5.32 Å². The Kier molecular flexibility index (Phi) is 5.46. The van der Waals surface area contributed by atoms with Gasteiger partial charge in [-0.3, -0.25) is 0 Å². The molecule has 0 amide bonds. The van der Waals surface area contributed by atoms with Crippen LogP contribution in [0.15, 0.2) is 0 Å². The maximum absolute atomic E-state index is 3.55. The van der Waals surface area contributed by atoms with E-state index in [0.717, 1.165) is 24.5 Å². The van der Waals surface area contributed by atoms with Gasteiger partial charge in [0.05, 0.1) is 0 Å². The Bertz CT molecular complexity index is 236. The first-order chi connectivity index (χ1) is 8.68. The highest BCUT2D eigenvalue weighted by Crippen LogP contribution is 2.31. The van der Waals surface area contributed by atoms with E-state index in [0.29, 0.717) is 0 Å². The van der Waals surface area contributed by atoms with Crippen molar-refractivity contribution in [2.75, 3.05) is 40.8 Å². The van der Waals surface area contributed by atoms with Crippen LogP contribution in [0.5, 0.6) is 0 Å². The first-order valence-electron chi connectivity index (χ1n) is 7.76. The maximum atomic E-state index is 3.55. The topological polar surface area (TPSA) is 18.5 Å². The number of hydrogen-bond acceptors (Lipinski definition) is 3. The summed E-state index contributed by atoms with van der Waals surface area (Å²) < 4.78 is 0. The lowest BCUT2D eigenvalue weighted by Crippen LogP contribution is -2.52. The van der Waals surface area contributed by atoms with Crippen molar-refractivity contribution < 1.29 is 0 Å². The molecule has 3 heteroatoms. The SMILES string of the molecule is CN(C)C(CC1CNCCN1C)C1CCCCC1. The summed E-state index contributed by atoms with van der Waals surface area (Å²) in [5.74, 6) is 0.934. The van der Waals surface area contributed by atoms with E-state index in [1.165, 1.54) is 51.6 Å². The molecule has 0 aromatic carbocycles. The Morgan fingerprint density at radius 1 is 1.22 bits per heavy atom. The van der Waals surface area contributed by atoms with Gasteiger partial charge in [-0.05, 0) is 46.3 Å². The molecule has 1 saturated carbocycles. The summed E-state index contributed by atoms with van der Waals surface area (Å²) in [5, 5.41) is 3.55. The van der Waals surface area contributed by atoms with Crippen molar-refractivity contribution in [1.29, 1.82) is 0 Å². The fraction of sp³-hybridized carbons (Fsp3) is 1.00. The predicted octanol–water partition coefficient (Wildman–Crippen LogP) is 1.79. The third-order valence-electron chi connectivity index (χ3n) is 5.02. The van der Waals surface area contributed by atoms with Crippen molar-refractivity contribution in [1.82, 2.24) is 15.1 Å². The number of piperazine rings is 1. The highest BCUT2D eigenvalue weighted by Gasteiger charge is 2.30. The summed E-state index contributed by atoms with van der Waals surface area (Å²) >= 11 is 0. The van der Waals surface area contributed by atoms with E-state index < -0.39 is 0 Å². The Balaban J connectivity index is 1.92. The van der Waals surface area contributed by atoms with E-state index in [1.54, 1.807) is 0 Å². The summed E-state index contributed by atoms with van der Waals surface area (Å²) in [5.41, 5.74) is 0. The summed E-state index contributed by atoms with van der Waals surface area (Å²) in [6.07, 6.45) is 8.60. The zero-order valence-electron chi connectivity index (χ0n) is 12.5. The second kappa shape index (κ2) is 6.88. The molecule has 1 aliphatic carbocycles. The highest BCUT2D eigenvalue weighted by atomic mass is 15.2. The van der Waals surface area contributed by atoms with Crippen molar-refractivity contribution >= 4 is 0 Å². The van der Waals surface area contributed by atoms with Crippen LogP contribution in [0, 0.1) is 5.92 Å². The third kappa shape index (κ3) is 3.69. The fourth-order valence-corrected chi connectivity index (χ4v) is 3.75. The average molecular weight is 253 g/mol. The minimum absolute atomic E-state index is 0.730. The van der Waals surface area contributed by atoms with E-state index in [2.05, 4.69) is 36.3 Å². The molecule has 3 nitrogen and oxygen atoms in total. The molecule has 1 N–H and O–H groups in total. The fourth-order valence-electron chi connectivity index (χ4n) is 3.75. The van der Waals surface area contributed by atoms with E-state index in [-0.39, 0.29) is 0 Å². The highest BCUT2D eigenvalue weighted by molar-refractivity contribution is 4.87. The molecule has 106 valence electrons. The van der Waals surface area contributed by atoms with Crippen LogP contribution in [0.4, 0.5) is 0 Å². The van der Waals surface area contributed by atoms with E-state index in [4.69, 9.17) is 0 Å². The molecular weight excluding hydrogens is 222 g/mol. The quantitative estimate of drug-likeness (QED) is 0.824. The Morgan fingerprint density at radius 3 is 2.56 bits per heavy atom. The molecule has 1 heterocycles. The molecule has 0 aromatic heterocycles. The van der Waals surface area contributed by atoms with Crippen LogP contribution in [-0.4, -0.2) is 62.7 Å². The minimum Gasteiger partial charge on any atom is -0.314 e. The first kappa shape index (κ1) is 14.3. The van der Waals surface area contributed by atoms with Crippen molar-refractivity contribution in [3.8, 4) is 0 Å². The summed E-state index contributed by atoms with van der Waals surface area (Å²) in [6, 6.07) is 1.51. The largest absolute Gasteiger partial charge is 0.314 e. The maximum Gasteiger partial charge on any atom is 0.0233 e. The zero-order chi connectivity index (χ0) is 13.0. The van der Waals surface area contributed by atoms with Crippen LogP contribution in [0.2, 0.25) is 0 Å². The molecule has 1 aliphatic heterocycles. The Morgan fingerprint density at radius 2 is 1.94 bits per heavy atom. The summed E-state index contributed by atoms with van der Waals surface area (Å²) in [6.45, 7) is 3.53. The van der Waals surface area contributed by atoms with Crippen molar-refractivity contribution in [2.24, 2.45) is 5.92 Å². The van der Waals surface area contributed by atoms with Crippen LogP contribution >= 0.6 is 0 Å². The molecule has 2 aliphatic rings. The van der Waals surface area contributed by atoms with Crippen LogP contribution in [0.1, 0.15) is 38.5 Å². The third-order valence-corrected chi connectivity index (χ3v) is 5.02. The number of rotatable bonds is 4. The molecule has 2 rings (SSSR count). The van der Waals surface area contributed by atoms with Crippen LogP contribution in [0.3, 0.4) is 0 Å². The number of nitrogens with zero attached hydrogens (tertiary/aromatic N) is 2. The van der Waals surface area contributed by atoms with Crippen molar-refractivity contribution in [3.05, 3.63) is 0 Å². The lowest BCUT2D eigenvalue weighted by molar-refractivity contribution is 0.104. The van der Waals surface area contributed by atoms with Gasteiger partial charge < -0.3 is 15.1 Å². The molecule has 2 atom stereocenters. The molecule has 2 unspecified atom stereocenters. The van der Waals surface area contributed by atoms with Crippen LogP contribution in [0.25, 0.3) is 0 Å². The van der Waals surface area contributed by atoms with Gasteiger partial charge in [0.25, 0.3) is 0 Å². The Hall–Kier alpha value is -0.120. The molecule has 18 heavy (non-hydrogen) atoms. The van der Waals surface area contributed by atoms with E-state index >= 15 is 0 Å². The van der Waals surface area contributed by atoms with Gasteiger partial charge in [-0.1, -0.05) is 19.3 Å². The molecule has 1 saturated heterocycles. The number of nitrogens with one attached hydrogen (secondary N) is 1. The van der Waals surface area contributed by atoms with Gasteiger partial charge in [-0.15, -0.1) is 0 Å². The van der Waals surface area contributed by atoms with Gasteiger partial charge in [0.1, 0.15) is 0 Å². The van der Waals surface area contributed by atoms with Gasteiger partial charge in [-0.25, -0.2) is 0 Å². The number of hydrogen-bond donors (Lipinski definition) is 1. The van der Waals surface area contributed by atoms with Gasteiger partial charge in [-0.2, -0.15) is 0 Å². The molecule has 0 radical (unpaired) electrons. The van der Waals surface area contributed by atoms with Gasteiger partial charge in [0, 0.05) is 31.7 Å².